The number of hydrogen-bond acceptors (Lipinski definition) is 3. The van der Waals surface area contributed by atoms with Crippen molar-refractivity contribution >= 4 is 0 Å². The summed E-state index contributed by atoms with van der Waals surface area (Å²) in [4.78, 5) is 4.46. The molecule has 1 heterocycles. The predicted molar refractivity (Wildman–Crippen MR) is 64.5 cm³/mol. The first-order valence-corrected chi connectivity index (χ1v) is 6.18. The molecule has 1 aromatic heterocycles. The molecule has 1 aliphatic carbocycles. The van der Waals surface area contributed by atoms with Crippen molar-refractivity contribution in [2.45, 2.75) is 32.7 Å². The molecule has 88 valence electrons. The summed E-state index contributed by atoms with van der Waals surface area (Å²) in [5, 5.41) is 3.34. The third kappa shape index (κ3) is 3.81. The van der Waals surface area contributed by atoms with Crippen molar-refractivity contribution in [1.82, 2.24) is 10.3 Å². The highest BCUT2D eigenvalue weighted by atomic mass is 16.5. The van der Waals surface area contributed by atoms with Crippen LogP contribution in [0.2, 0.25) is 0 Å². The van der Waals surface area contributed by atoms with Gasteiger partial charge in [-0.15, -0.1) is 0 Å². The minimum absolute atomic E-state index is 0.766. The van der Waals surface area contributed by atoms with Crippen LogP contribution < -0.4 is 10.1 Å². The number of aromatic nitrogens is 1. The molecule has 16 heavy (non-hydrogen) atoms. The molecule has 0 saturated heterocycles. The van der Waals surface area contributed by atoms with Gasteiger partial charge in [-0.05, 0) is 37.8 Å². The lowest BCUT2D eigenvalue weighted by Crippen LogP contribution is -2.15. The molecule has 1 saturated carbocycles. The average Bonchev–Trinajstić information content (AvgIpc) is 3.11. The Morgan fingerprint density at radius 2 is 2.31 bits per heavy atom. The highest BCUT2D eigenvalue weighted by Crippen LogP contribution is 2.29. The van der Waals surface area contributed by atoms with Gasteiger partial charge in [-0.25, -0.2) is 4.98 Å². The Labute approximate surface area is 97.2 Å². The fourth-order valence-corrected chi connectivity index (χ4v) is 1.52. The van der Waals surface area contributed by atoms with E-state index >= 15 is 0 Å². The van der Waals surface area contributed by atoms with E-state index in [1.807, 2.05) is 18.2 Å². The molecule has 3 heteroatoms. The van der Waals surface area contributed by atoms with Crippen molar-refractivity contribution < 1.29 is 4.74 Å². The molecule has 0 amide bonds. The Balaban J connectivity index is 1.80. The number of rotatable bonds is 7. The zero-order valence-electron chi connectivity index (χ0n) is 9.91. The summed E-state index contributed by atoms with van der Waals surface area (Å²) in [6.07, 6.45) is 3.79. The highest BCUT2D eigenvalue weighted by molar-refractivity contribution is 5.15. The minimum atomic E-state index is 0.766. The molecular weight excluding hydrogens is 200 g/mol. The largest absolute Gasteiger partial charge is 0.477 e. The zero-order valence-corrected chi connectivity index (χ0v) is 9.91. The highest BCUT2D eigenvalue weighted by Gasteiger charge is 2.22. The fourth-order valence-electron chi connectivity index (χ4n) is 1.52. The van der Waals surface area contributed by atoms with E-state index in [1.54, 1.807) is 0 Å². The van der Waals surface area contributed by atoms with E-state index in [0.29, 0.717) is 0 Å². The van der Waals surface area contributed by atoms with Gasteiger partial charge < -0.3 is 10.1 Å². The van der Waals surface area contributed by atoms with Crippen molar-refractivity contribution in [3.05, 3.63) is 23.9 Å². The summed E-state index contributed by atoms with van der Waals surface area (Å²) >= 11 is 0. The summed E-state index contributed by atoms with van der Waals surface area (Å²) in [6.45, 7) is 4.86. The van der Waals surface area contributed by atoms with Gasteiger partial charge in [0.1, 0.15) is 0 Å². The normalized spacial score (nSPS) is 15.1. The van der Waals surface area contributed by atoms with Crippen LogP contribution in [-0.2, 0) is 6.54 Å². The number of nitrogens with zero attached hydrogens (tertiary/aromatic N) is 1. The maximum absolute atomic E-state index is 5.64. The van der Waals surface area contributed by atoms with Gasteiger partial charge in [-0.2, -0.15) is 0 Å². The lowest BCUT2D eigenvalue weighted by Gasteiger charge is -2.06. The molecular formula is C13H20N2O. The van der Waals surface area contributed by atoms with Crippen molar-refractivity contribution in [2.75, 3.05) is 13.2 Å². The maximum Gasteiger partial charge on any atom is 0.213 e. The number of hydrogen-bond donors (Lipinski definition) is 1. The number of ether oxygens (including phenoxy) is 1. The topological polar surface area (TPSA) is 34.1 Å². The van der Waals surface area contributed by atoms with E-state index in [9.17, 15) is 0 Å². The summed E-state index contributed by atoms with van der Waals surface area (Å²) in [6, 6.07) is 5.98. The average molecular weight is 220 g/mol. The maximum atomic E-state index is 5.64. The molecule has 1 aromatic rings. The Morgan fingerprint density at radius 3 is 3.06 bits per heavy atom. The van der Waals surface area contributed by atoms with Crippen LogP contribution in [0.3, 0.4) is 0 Å². The van der Waals surface area contributed by atoms with Gasteiger partial charge in [0.2, 0.25) is 5.88 Å². The second-order valence-corrected chi connectivity index (χ2v) is 4.40. The number of nitrogens with one attached hydrogen (secondary N) is 1. The lowest BCUT2D eigenvalue weighted by molar-refractivity contribution is 0.287. The van der Waals surface area contributed by atoms with E-state index < -0.39 is 0 Å². The van der Waals surface area contributed by atoms with Gasteiger partial charge in [0.05, 0.1) is 12.3 Å². The Kier molecular flexibility index (Phi) is 4.17. The zero-order chi connectivity index (χ0) is 11.2. The van der Waals surface area contributed by atoms with E-state index in [0.717, 1.165) is 43.6 Å². The molecule has 0 unspecified atom stereocenters. The first-order chi connectivity index (χ1) is 7.88. The third-order valence-corrected chi connectivity index (χ3v) is 2.68. The summed E-state index contributed by atoms with van der Waals surface area (Å²) in [7, 11) is 0. The minimum Gasteiger partial charge on any atom is -0.477 e. The smallest absolute Gasteiger partial charge is 0.213 e. The molecule has 0 aliphatic heterocycles. The third-order valence-electron chi connectivity index (χ3n) is 2.68. The van der Waals surface area contributed by atoms with Crippen molar-refractivity contribution in [2.24, 2.45) is 5.92 Å². The van der Waals surface area contributed by atoms with Crippen LogP contribution in [0.15, 0.2) is 18.2 Å². The van der Waals surface area contributed by atoms with E-state index in [2.05, 4.69) is 17.2 Å². The second kappa shape index (κ2) is 5.85. The van der Waals surface area contributed by atoms with Crippen molar-refractivity contribution in [1.29, 1.82) is 0 Å². The van der Waals surface area contributed by atoms with E-state index in [4.69, 9.17) is 4.74 Å². The first kappa shape index (κ1) is 11.4. The molecule has 1 aliphatic rings. The van der Waals surface area contributed by atoms with Gasteiger partial charge in [0.15, 0.2) is 0 Å². The molecule has 2 rings (SSSR count). The van der Waals surface area contributed by atoms with Gasteiger partial charge in [0, 0.05) is 12.6 Å². The molecule has 0 aromatic carbocycles. The Bertz CT molecular complexity index is 323. The summed E-state index contributed by atoms with van der Waals surface area (Å²) in [5.41, 5.74) is 1.06. The van der Waals surface area contributed by atoms with Gasteiger partial charge >= 0.3 is 0 Å². The quantitative estimate of drug-likeness (QED) is 0.716. The first-order valence-electron chi connectivity index (χ1n) is 6.18. The van der Waals surface area contributed by atoms with Crippen LogP contribution in [0.5, 0.6) is 5.88 Å². The molecule has 1 fully saturated rings. The monoisotopic (exact) mass is 220 g/mol. The molecule has 0 radical (unpaired) electrons. The van der Waals surface area contributed by atoms with Crippen LogP contribution in [0, 0.1) is 5.92 Å². The summed E-state index contributed by atoms with van der Waals surface area (Å²) in [5.74, 6) is 1.55. The standard InChI is InChI=1S/C13H20N2O/c1-2-8-14-9-12-4-3-5-13(15-12)16-10-11-6-7-11/h3-5,11,14H,2,6-10H2,1H3. The predicted octanol–water partition coefficient (Wildman–Crippen LogP) is 2.37. The molecule has 0 atom stereocenters. The van der Waals surface area contributed by atoms with Crippen molar-refractivity contribution in [3.8, 4) is 5.88 Å². The Morgan fingerprint density at radius 1 is 1.44 bits per heavy atom. The van der Waals surface area contributed by atoms with Crippen LogP contribution >= 0.6 is 0 Å². The molecule has 0 spiro atoms. The molecule has 3 nitrogen and oxygen atoms in total. The lowest BCUT2D eigenvalue weighted by atomic mass is 10.3. The van der Waals surface area contributed by atoms with Gasteiger partial charge in [0.25, 0.3) is 0 Å². The number of pyridine rings is 1. The van der Waals surface area contributed by atoms with Gasteiger partial charge in [-0.1, -0.05) is 13.0 Å². The van der Waals surface area contributed by atoms with Gasteiger partial charge in [-0.3, -0.25) is 0 Å². The van der Waals surface area contributed by atoms with E-state index in [-0.39, 0.29) is 0 Å². The van der Waals surface area contributed by atoms with Crippen molar-refractivity contribution in [3.63, 3.8) is 0 Å². The van der Waals surface area contributed by atoms with Crippen LogP contribution in [0.4, 0.5) is 0 Å². The van der Waals surface area contributed by atoms with Crippen LogP contribution in [0.25, 0.3) is 0 Å². The molecule has 0 bridgehead atoms. The van der Waals surface area contributed by atoms with E-state index in [1.165, 1.54) is 12.8 Å². The second-order valence-electron chi connectivity index (χ2n) is 4.40. The molecule has 1 N–H and O–H groups in total. The van der Waals surface area contributed by atoms with Crippen LogP contribution in [-0.4, -0.2) is 18.1 Å². The summed E-state index contributed by atoms with van der Waals surface area (Å²) < 4.78 is 5.64. The SMILES string of the molecule is CCCNCc1cccc(OCC2CC2)n1. The van der Waals surface area contributed by atoms with Crippen LogP contribution in [0.1, 0.15) is 31.9 Å². The fraction of sp³-hybridized carbons (Fsp3) is 0.615. The Hall–Kier alpha value is -1.09.